The predicted molar refractivity (Wildman–Crippen MR) is 88.2 cm³/mol. The zero-order valence-electron chi connectivity index (χ0n) is 13.7. The molecule has 0 bridgehead atoms. The topological polar surface area (TPSA) is 61.9 Å². The second-order valence-corrected chi connectivity index (χ2v) is 5.28. The maximum Gasteiger partial charge on any atom is 0.330 e. The summed E-state index contributed by atoms with van der Waals surface area (Å²) in [5.74, 6) is -0.0599. The van der Waals surface area contributed by atoms with E-state index in [1.807, 2.05) is 11.5 Å². The summed E-state index contributed by atoms with van der Waals surface area (Å²) in [6.07, 6.45) is 6.02. The van der Waals surface area contributed by atoms with Gasteiger partial charge in [0.15, 0.2) is 0 Å². The summed E-state index contributed by atoms with van der Waals surface area (Å²) < 4.78 is 21.8. The Bertz CT molecular complexity index is 940. The van der Waals surface area contributed by atoms with Crippen molar-refractivity contribution in [2.24, 2.45) is 7.05 Å². The van der Waals surface area contributed by atoms with Gasteiger partial charge in [0, 0.05) is 30.3 Å². The lowest BCUT2D eigenvalue weighted by atomic mass is 10.2. The van der Waals surface area contributed by atoms with E-state index in [0.29, 0.717) is 17.6 Å². The first-order valence-electron chi connectivity index (χ1n) is 7.52. The van der Waals surface area contributed by atoms with Crippen LogP contribution in [0.3, 0.4) is 0 Å². The molecule has 3 heterocycles. The van der Waals surface area contributed by atoms with Gasteiger partial charge in [-0.15, -0.1) is 0 Å². The van der Waals surface area contributed by atoms with Gasteiger partial charge in [0.2, 0.25) is 0 Å². The van der Waals surface area contributed by atoms with E-state index in [0.717, 1.165) is 17.1 Å². The van der Waals surface area contributed by atoms with E-state index in [-0.39, 0.29) is 5.82 Å². The largest absolute Gasteiger partial charge is 0.463 e. The van der Waals surface area contributed by atoms with Gasteiger partial charge in [0.25, 0.3) is 0 Å². The Morgan fingerprint density at radius 2 is 2.25 bits per heavy atom. The van der Waals surface area contributed by atoms with Gasteiger partial charge in [-0.2, -0.15) is 5.10 Å². The molecule has 0 aliphatic rings. The fourth-order valence-corrected chi connectivity index (χ4v) is 2.65. The molecule has 0 fully saturated rings. The van der Waals surface area contributed by atoms with Gasteiger partial charge in [-0.3, -0.25) is 9.25 Å². The summed E-state index contributed by atoms with van der Waals surface area (Å²) in [7, 11) is 1.80. The van der Waals surface area contributed by atoms with Crippen LogP contribution < -0.4 is 0 Å². The SMILES string of the molecule is CCOC(=O)C=Cc1c(C)nn(C)c1-n1ccc2cc(F)cnc21. The van der Waals surface area contributed by atoms with Gasteiger partial charge in [0.1, 0.15) is 17.3 Å². The molecule has 24 heavy (non-hydrogen) atoms. The van der Waals surface area contributed by atoms with Crippen LogP contribution in [0.15, 0.2) is 30.6 Å². The van der Waals surface area contributed by atoms with Crippen molar-refractivity contribution in [1.29, 1.82) is 0 Å². The van der Waals surface area contributed by atoms with Crippen molar-refractivity contribution < 1.29 is 13.9 Å². The monoisotopic (exact) mass is 328 g/mol. The molecule has 7 heteroatoms. The molecule has 3 aromatic heterocycles. The second-order valence-electron chi connectivity index (χ2n) is 5.28. The molecule has 0 aliphatic carbocycles. The molecule has 0 atom stereocenters. The van der Waals surface area contributed by atoms with E-state index in [9.17, 15) is 9.18 Å². The van der Waals surface area contributed by atoms with Crippen molar-refractivity contribution in [2.45, 2.75) is 13.8 Å². The van der Waals surface area contributed by atoms with E-state index in [1.165, 1.54) is 18.3 Å². The average Bonchev–Trinajstić information content (AvgIpc) is 3.05. The van der Waals surface area contributed by atoms with Gasteiger partial charge in [-0.25, -0.2) is 14.2 Å². The normalized spacial score (nSPS) is 11.5. The molecule has 0 amide bonds. The molecule has 0 aromatic carbocycles. The number of hydrogen-bond acceptors (Lipinski definition) is 4. The first-order valence-corrected chi connectivity index (χ1v) is 7.52. The van der Waals surface area contributed by atoms with E-state index in [1.54, 1.807) is 37.0 Å². The highest BCUT2D eigenvalue weighted by atomic mass is 19.1. The van der Waals surface area contributed by atoms with Crippen molar-refractivity contribution in [3.8, 4) is 5.82 Å². The maximum atomic E-state index is 13.3. The van der Waals surface area contributed by atoms with Crippen molar-refractivity contribution in [1.82, 2.24) is 19.3 Å². The number of ether oxygens (including phenoxy) is 1. The maximum absolute atomic E-state index is 13.3. The molecule has 0 saturated heterocycles. The summed E-state index contributed by atoms with van der Waals surface area (Å²) in [5.41, 5.74) is 2.15. The van der Waals surface area contributed by atoms with Crippen LogP contribution in [0.1, 0.15) is 18.2 Å². The number of hydrogen-bond donors (Lipinski definition) is 0. The molecule has 6 nitrogen and oxygen atoms in total. The molecule has 0 unspecified atom stereocenters. The number of carbonyl (C=O) groups excluding carboxylic acids is 1. The Morgan fingerprint density at radius 1 is 1.46 bits per heavy atom. The third kappa shape index (κ3) is 2.80. The Kier molecular flexibility index (Phi) is 4.16. The molecule has 0 saturated carbocycles. The first-order chi connectivity index (χ1) is 11.5. The Labute approximate surface area is 138 Å². The van der Waals surface area contributed by atoms with E-state index in [4.69, 9.17) is 4.74 Å². The van der Waals surface area contributed by atoms with Crippen LogP contribution >= 0.6 is 0 Å². The fourth-order valence-electron chi connectivity index (χ4n) is 2.65. The zero-order valence-corrected chi connectivity index (χ0v) is 13.7. The van der Waals surface area contributed by atoms with Gasteiger partial charge >= 0.3 is 5.97 Å². The lowest BCUT2D eigenvalue weighted by Crippen LogP contribution is -2.04. The van der Waals surface area contributed by atoms with Crippen molar-refractivity contribution >= 4 is 23.1 Å². The van der Waals surface area contributed by atoms with Crippen LogP contribution in [-0.2, 0) is 16.6 Å². The summed E-state index contributed by atoms with van der Waals surface area (Å²) >= 11 is 0. The molecule has 0 N–H and O–H groups in total. The lowest BCUT2D eigenvalue weighted by molar-refractivity contribution is -0.137. The van der Waals surface area contributed by atoms with E-state index in [2.05, 4.69) is 10.1 Å². The number of pyridine rings is 1. The minimum Gasteiger partial charge on any atom is -0.463 e. The van der Waals surface area contributed by atoms with Crippen LogP contribution in [0, 0.1) is 12.7 Å². The fraction of sp³-hybridized carbons (Fsp3) is 0.235. The standard InChI is InChI=1S/C17H17FN4O2/c1-4-24-15(23)6-5-14-11(2)20-21(3)17(14)22-8-7-12-9-13(18)10-19-16(12)22/h5-10H,4H2,1-3H3. The van der Waals surface area contributed by atoms with Crippen LogP contribution in [0.2, 0.25) is 0 Å². The highest BCUT2D eigenvalue weighted by molar-refractivity contribution is 5.88. The van der Waals surface area contributed by atoms with Crippen molar-refractivity contribution in [2.75, 3.05) is 6.61 Å². The number of aromatic nitrogens is 4. The number of carbonyl (C=O) groups is 1. The predicted octanol–water partition coefficient (Wildman–Crippen LogP) is 2.78. The van der Waals surface area contributed by atoms with Gasteiger partial charge in [0.05, 0.1) is 18.5 Å². The van der Waals surface area contributed by atoms with Crippen LogP contribution in [0.5, 0.6) is 0 Å². The average molecular weight is 328 g/mol. The molecule has 0 spiro atoms. The molecule has 0 radical (unpaired) electrons. The number of halogens is 1. The molecular weight excluding hydrogens is 311 g/mol. The van der Waals surface area contributed by atoms with E-state index < -0.39 is 5.97 Å². The molecular formula is C17H17FN4O2. The second kappa shape index (κ2) is 6.27. The number of aryl methyl sites for hydroxylation is 2. The smallest absolute Gasteiger partial charge is 0.330 e. The minimum absolute atomic E-state index is 0.319. The van der Waals surface area contributed by atoms with Crippen LogP contribution in [-0.4, -0.2) is 31.9 Å². The Morgan fingerprint density at radius 3 is 3.00 bits per heavy atom. The first kappa shape index (κ1) is 15.9. The van der Waals surface area contributed by atoms with Crippen LogP contribution in [0.25, 0.3) is 22.9 Å². The molecule has 3 rings (SSSR count). The quantitative estimate of drug-likeness (QED) is 0.546. The molecule has 3 aromatic rings. The lowest BCUT2D eigenvalue weighted by Gasteiger charge is -2.07. The Balaban J connectivity index is 2.12. The summed E-state index contributed by atoms with van der Waals surface area (Å²) in [5, 5.41) is 5.09. The number of esters is 1. The minimum atomic E-state index is -0.413. The van der Waals surface area contributed by atoms with Crippen LogP contribution in [0.4, 0.5) is 4.39 Å². The summed E-state index contributed by atoms with van der Waals surface area (Å²) in [6.45, 7) is 3.93. The number of rotatable bonds is 4. The van der Waals surface area contributed by atoms with Gasteiger partial charge < -0.3 is 4.74 Å². The zero-order chi connectivity index (χ0) is 17.3. The Hall–Kier alpha value is -2.96. The van der Waals surface area contributed by atoms with Gasteiger partial charge in [-0.1, -0.05) is 0 Å². The molecule has 124 valence electrons. The van der Waals surface area contributed by atoms with E-state index >= 15 is 0 Å². The third-order valence-electron chi connectivity index (χ3n) is 3.63. The highest BCUT2D eigenvalue weighted by Gasteiger charge is 2.16. The number of fused-ring (bicyclic) bond motifs is 1. The third-order valence-corrected chi connectivity index (χ3v) is 3.63. The highest BCUT2D eigenvalue weighted by Crippen LogP contribution is 2.24. The van der Waals surface area contributed by atoms with Crippen molar-refractivity contribution in [3.63, 3.8) is 0 Å². The van der Waals surface area contributed by atoms with Gasteiger partial charge in [-0.05, 0) is 32.1 Å². The number of nitrogens with zero attached hydrogens (tertiary/aromatic N) is 4. The molecule has 0 aliphatic heterocycles. The summed E-state index contributed by atoms with van der Waals surface area (Å²) in [6, 6.07) is 3.21. The summed E-state index contributed by atoms with van der Waals surface area (Å²) in [4.78, 5) is 15.7. The van der Waals surface area contributed by atoms with Crippen molar-refractivity contribution in [3.05, 3.63) is 47.7 Å².